The van der Waals surface area contributed by atoms with Crippen LogP contribution in [0.4, 0.5) is 4.79 Å². The lowest BCUT2D eigenvalue weighted by Gasteiger charge is -2.26. The monoisotopic (exact) mass is 489 g/mol. The van der Waals surface area contributed by atoms with Crippen LogP contribution in [0.25, 0.3) is 6.08 Å². The van der Waals surface area contributed by atoms with E-state index in [0.717, 1.165) is 4.90 Å². The number of imide groups is 1. The molecule has 2 fully saturated rings. The number of urea groups is 1. The maximum Gasteiger partial charge on any atom is 0.329 e. The molecular weight excluding hydrogens is 469 g/mol. The number of nitrogens with zero attached hydrogens (tertiary/aromatic N) is 2. The van der Waals surface area contributed by atoms with Gasteiger partial charge in [0.1, 0.15) is 11.4 Å². The molecule has 0 radical (unpaired) electrons. The van der Waals surface area contributed by atoms with Crippen LogP contribution in [0.5, 0.6) is 5.75 Å². The van der Waals surface area contributed by atoms with Crippen LogP contribution in [0.1, 0.15) is 11.1 Å². The Balaban J connectivity index is 1.36. The fourth-order valence-corrected chi connectivity index (χ4v) is 3.88. The van der Waals surface area contributed by atoms with Crippen molar-refractivity contribution in [1.82, 2.24) is 15.1 Å². The third-order valence-corrected chi connectivity index (χ3v) is 5.81. The molecule has 33 heavy (non-hydrogen) atoms. The highest BCUT2D eigenvalue weighted by Crippen LogP contribution is 2.25. The lowest BCUT2D eigenvalue weighted by molar-refractivity contribution is -0.137. The van der Waals surface area contributed by atoms with Crippen molar-refractivity contribution in [2.24, 2.45) is 0 Å². The average Bonchev–Trinajstić information content (AvgIpc) is 3.08. The Kier molecular flexibility index (Phi) is 7.17. The van der Waals surface area contributed by atoms with Gasteiger partial charge in [-0.05, 0) is 41.5 Å². The molecule has 10 heteroatoms. The number of benzene rings is 2. The van der Waals surface area contributed by atoms with Crippen LogP contribution in [0, 0.1) is 0 Å². The van der Waals surface area contributed by atoms with Crippen LogP contribution in [0.3, 0.4) is 0 Å². The zero-order valence-electron chi connectivity index (χ0n) is 17.6. The first kappa shape index (κ1) is 23.1. The van der Waals surface area contributed by atoms with Crippen LogP contribution < -0.4 is 10.1 Å². The van der Waals surface area contributed by atoms with Crippen LogP contribution in [0.15, 0.2) is 48.2 Å². The number of amides is 4. The van der Waals surface area contributed by atoms with Gasteiger partial charge in [-0.25, -0.2) is 4.79 Å². The van der Waals surface area contributed by atoms with Gasteiger partial charge in [0.2, 0.25) is 0 Å². The Hall–Kier alpha value is -3.07. The molecule has 0 atom stereocenters. The van der Waals surface area contributed by atoms with E-state index in [0.29, 0.717) is 53.2 Å². The van der Waals surface area contributed by atoms with E-state index in [-0.39, 0.29) is 24.8 Å². The first-order valence-corrected chi connectivity index (χ1v) is 11.0. The summed E-state index contributed by atoms with van der Waals surface area (Å²) in [5.74, 6) is -0.0216. The molecular formula is C23H21Cl2N3O5. The van der Waals surface area contributed by atoms with Gasteiger partial charge in [-0.2, -0.15) is 0 Å². The first-order valence-electron chi connectivity index (χ1n) is 10.3. The predicted molar refractivity (Wildman–Crippen MR) is 123 cm³/mol. The lowest BCUT2D eigenvalue weighted by Crippen LogP contribution is -2.42. The molecule has 2 aliphatic heterocycles. The zero-order valence-corrected chi connectivity index (χ0v) is 19.1. The van der Waals surface area contributed by atoms with E-state index in [1.165, 1.54) is 0 Å². The third-order valence-electron chi connectivity index (χ3n) is 5.22. The van der Waals surface area contributed by atoms with Crippen molar-refractivity contribution in [2.45, 2.75) is 6.54 Å². The molecule has 2 aliphatic rings. The summed E-state index contributed by atoms with van der Waals surface area (Å²) >= 11 is 12.1. The Bertz CT molecular complexity index is 1100. The summed E-state index contributed by atoms with van der Waals surface area (Å²) in [5, 5.41) is 3.43. The Labute approximate surface area is 200 Å². The van der Waals surface area contributed by atoms with Crippen molar-refractivity contribution in [3.63, 3.8) is 0 Å². The number of hydrogen-bond donors (Lipinski definition) is 1. The van der Waals surface area contributed by atoms with E-state index in [9.17, 15) is 14.4 Å². The molecule has 172 valence electrons. The van der Waals surface area contributed by atoms with Crippen molar-refractivity contribution in [1.29, 1.82) is 0 Å². The minimum atomic E-state index is -0.529. The summed E-state index contributed by atoms with van der Waals surface area (Å²) in [6.07, 6.45) is 1.58. The number of carbonyl (C=O) groups is 3. The number of morpholine rings is 1. The standard InChI is InChI=1S/C23H21Cl2N3O5/c24-17-4-3-16(19(25)12-17)13-28-22(30)20(26-23(28)31)11-15-1-5-18(6-2-15)33-14-21(29)27-7-9-32-10-8-27/h1-6,11-12H,7-10,13-14H2,(H,26,31)/b20-11-. The van der Waals surface area contributed by atoms with Crippen molar-refractivity contribution in [3.8, 4) is 5.75 Å². The largest absolute Gasteiger partial charge is 0.484 e. The second kappa shape index (κ2) is 10.2. The van der Waals surface area contributed by atoms with Crippen molar-refractivity contribution in [2.75, 3.05) is 32.9 Å². The lowest BCUT2D eigenvalue weighted by atomic mass is 10.1. The van der Waals surface area contributed by atoms with E-state index in [4.69, 9.17) is 32.7 Å². The summed E-state index contributed by atoms with van der Waals surface area (Å²) in [7, 11) is 0. The maximum absolute atomic E-state index is 12.7. The third kappa shape index (κ3) is 5.65. The topological polar surface area (TPSA) is 88.2 Å². The predicted octanol–water partition coefficient (Wildman–Crippen LogP) is 3.32. The highest BCUT2D eigenvalue weighted by Gasteiger charge is 2.33. The van der Waals surface area contributed by atoms with Gasteiger partial charge < -0.3 is 19.7 Å². The molecule has 0 unspecified atom stereocenters. The quantitative estimate of drug-likeness (QED) is 0.496. The second-order valence-electron chi connectivity index (χ2n) is 7.47. The van der Waals surface area contributed by atoms with Crippen molar-refractivity contribution >= 4 is 47.1 Å². The van der Waals surface area contributed by atoms with Crippen molar-refractivity contribution in [3.05, 3.63) is 69.3 Å². The van der Waals surface area contributed by atoms with Gasteiger partial charge in [0, 0.05) is 23.1 Å². The number of hydrogen-bond acceptors (Lipinski definition) is 5. The number of rotatable bonds is 6. The van der Waals surface area contributed by atoms with E-state index in [1.807, 2.05) is 0 Å². The molecule has 0 aliphatic carbocycles. The smallest absolute Gasteiger partial charge is 0.329 e. The summed E-state index contributed by atoms with van der Waals surface area (Å²) in [5.41, 5.74) is 1.46. The molecule has 2 saturated heterocycles. The molecule has 8 nitrogen and oxygen atoms in total. The van der Waals surface area contributed by atoms with E-state index >= 15 is 0 Å². The SMILES string of the molecule is O=C(COc1ccc(/C=C2\NC(=O)N(Cc3ccc(Cl)cc3Cl)C2=O)cc1)N1CCOCC1. The molecule has 0 spiro atoms. The fourth-order valence-electron chi connectivity index (χ4n) is 3.41. The molecule has 2 aromatic carbocycles. The van der Waals surface area contributed by atoms with Crippen LogP contribution in [-0.4, -0.2) is 60.6 Å². The van der Waals surface area contributed by atoms with Gasteiger partial charge >= 0.3 is 6.03 Å². The molecule has 0 aromatic heterocycles. The normalized spacial score (nSPS) is 17.5. The zero-order chi connectivity index (χ0) is 23.4. The van der Waals surface area contributed by atoms with Gasteiger partial charge in [-0.3, -0.25) is 14.5 Å². The summed E-state index contributed by atoms with van der Waals surface area (Å²) in [6, 6.07) is 11.2. The molecule has 2 heterocycles. The summed E-state index contributed by atoms with van der Waals surface area (Å²) in [6.45, 7) is 2.17. The molecule has 1 N–H and O–H groups in total. The minimum absolute atomic E-state index is 0.0297. The number of nitrogens with one attached hydrogen (secondary N) is 1. The van der Waals surface area contributed by atoms with Crippen LogP contribution in [0.2, 0.25) is 10.0 Å². The highest BCUT2D eigenvalue weighted by atomic mass is 35.5. The Morgan fingerprint density at radius 1 is 1.09 bits per heavy atom. The number of ether oxygens (including phenoxy) is 2. The maximum atomic E-state index is 12.7. The molecule has 0 saturated carbocycles. The highest BCUT2D eigenvalue weighted by molar-refractivity contribution is 6.35. The van der Waals surface area contributed by atoms with Gasteiger partial charge in [0.25, 0.3) is 11.8 Å². The number of carbonyl (C=O) groups excluding carboxylic acids is 3. The van der Waals surface area contributed by atoms with Gasteiger partial charge in [-0.1, -0.05) is 41.4 Å². The fraction of sp³-hybridized carbons (Fsp3) is 0.261. The Morgan fingerprint density at radius 3 is 2.52 bits per heavy atom. The first-order chi connectivity index (χ1) is 15.9. The van der Waals surface area contributed by atoms with Crippen LogP contribution in [-0.2, 0) is 20.9 Å². The number of halogens is 2. The molecule has 4 rings (SSSR count). The average molecular weight is 490 g/mol. The van der Waals surface area contributed by atoms with E-state index in [1.54, 1.807) is 53.4 Å². The molecule has 4 amide bonds. The summed E-state index contributed by atoms with van der Waals surface area (Å²) < 4.78 is 10.8. The molecule has 2 aromatic rings. The minimum Gasteiger partial charge on any atom is -0.484 e. The van der Waals surface area contributed by atoms with Gasteiger partial charge in [0.05, 0.1) is 19.8 Å². The van der Waals surface area contributed by atoms with E-state index < -0.39 is 11.9 Å². The van der Waals surface area contributed by atoms with E-state index in [2.05, 4.69) is 5.32 Å². The Morgan fingerprint density at radius 2 is 1.82 bits per heavy atom. The van der Waals surface area contributed by atoms with Gasteiger partial charge in [0.15, 0.2) is 6.61 Å². The van der Waals surface area contributed by atoms with Gasteiger partial charge in [-0.15, -0.1) is 0 Å². The second-order valence-corrected chi connectivity index (χ2v) is 8.31. The van der Waals surface area contributed by atoms with Crippen LogP contribution >= 0.6 is 23.2 Å². The van der Waals surface area contributed by atoms with Crippen molar-refractivity contribution < 1.29 is 23.9 Å². The molecule has 0 bridgehead atoms. The summed E-state index contributed by atoms with van der Waals surface area (Å²) in [4.78, 5) is 40.0.